The van der Waals surface area contributed by atoms with Crippen LogP contribution in [0.5, 0.6) is 0 Å². The van der Waals surface area contributed by atoms with E-state index in [9.17, 15) is 4.79 Å². The number of carbonyl (C=O) groups is 1. The van der Waals surface area contributed by atoms with E-state index >= 15 is 0 Å². The van der Waals surface area contributed by atoms with Gasteiger partial charge in [-0.1, -0.05) is 49.1 Å². The van der Waals surface area contributed by atoms with Crippen LogP contribution in [-0.4, -0.2) is 28.4 Å². The van der Waals surface area contributed by atoms with Crippen molar-refractivity contribution in [1.82, 2.24) is 15.5 Å². The molecule has 0 saturated carbocycles. The molecule has 0 bridgehead atoms. The van der Waals surface area contributed by atoms with Gasteiger partial charge in [0, 0.05) is 12.2 Å². The molecule has 0 aliphatic carbocycles. The molecular formula is C15H20N4OS2. The average molecular weight is 336 g/mol. The van der Waals surface area contributed by atoms with Crippen LogP contribution in [0.25, 0.3) is 0 Å². The highest BCUT2D eigenvalue weighted by atomic mass is 32.2. The van der Waals surface area contributed by atoms with E-state index in [2.05, 4.69) is 46.8 Å². The molecule has 0 saturated heterocycles. The van der Waals surface area contributed by atoms with E-state index in [0.717, 1.165) is 15.2 Å². The molecule has 0 unspecified atom stereocenters. The molecule has 5 nitrogen and oxygen atoms in total. The number of benzene rings is 1. The summed E-state index contributed by atoms with van der Waals surface area (Å²) in [6.07, 6.45) is 0. The summed E-state index contributed by atoms with van der Waals surface area (Å²) in [5.74, 6) is 0.903. The van der Waals surface area contributed by atoms with E-state index < -0.39 is 0 Å². The summed E-state index contributed by atoms with van der Waals surface area (Å²) in [7, 11) is 0. The summed E-state index contributed by atoms with van der Waals surface area (Å²) in [4.78, 5) is 11.4. The highest BCUT2D eigenvalue weighted by molar-refractivity contribution is 8.01. The fourth-order valence-corrected chi connectivity index (χ4v) is 3.37. The van der Waals surface area contributed by atoms with Crippen molar-refractivity contribution >= 4 is 39.8 Å². The van der Waals surface area contributed by atoms with Crippen LogP contribution in [-0.2, 0) is 4.79 Å². The molecule has 0 aliphatic rings. The van der Waals surface area contributed by atoms with Crippen molar-refractivity contribution in [3.8, 4) is 0 Å². The first-order valence-electron chi connectivity index (χ1n) is 7.18. The van der Waals surface area contributed by atoms with Crippen LogP contribution in [0, 0.1) is 0 Å². The summed E-state index contributed by atoms with van der Waals surface area (Å²) >= 11 is 2.85. The van der Waals surface area contributed by atoms with E-state index in [-0.39, 0.29) is 5.91 Å². The number of anilines is 2. The van der Waals surface area contributed by atoms with E-state index in [1.807, 2.05) is 19.1 Å². The predicted octanol–water partition coefficient (Wildman–Crippen LogP) is 3.63. The van der Waals surface area contributed by atoms with Crippen molar-refractivity contribution in [2.24, 2.45) is 0 Å². The van der Waals surface area contributed by atoms with Gasteiger partial charge in [0.2, 0.25) is 11.0 Å². The minimum atomic E-state index is 0.0153. The van der Waals surface area contributed by atoms with Crippen molar-refractivity contribution in [3.05, 3.63) is 29.8 Å². The monoisotopic (exact) mass is 336 g/mol. The number of amides is 1. The molecule has 7 heteroatoms. The first-order valence-corrected chi connectivity index (χ1v) is 8.98. The van der Waals surface area contributed by atoms with Gasteiger partial charge in [-0.05, 0) is 30.5 Å². The Labute approximate surface area is 138 Å². The SMILES string of the molecule is CCNC(=O)CSc1nnc(Nc2ccc(C(C)C)cc2)s1. The standard InChI is InChI=1S/C15H20N4OS2/c1-4-16-13(20)9-21-15-19-18-14(22-15)17-12-7-5-11(6-8-12)10(2)3/h5-8,10H,4,9H2,1-3H3,(H,16,20)(H,17,18). The minimum absolute atomic E-state index is 0.0153. The van der Waals surface area contributed by atoms with Gasteiger partial charge in [0.25, 0.3) is 0 Å². The van der Waals surface area contributed by atoms with Crippen LogP contribution >= 0.6 is 23.1 Å². The number of carbonyl (C=O) groups excluding carboxylic acids is 1. The third-order valence-electron chi connectivity index (χ3n) is 2.94. The van der Waals surface area contributed by atoms with E-state index in [4.69, 9.17) is 0 Å². The normalized spacial score (nSPS) is 10.7. The number of hydrogen-bond donors (Lipinski definition) is 2. The lowest BCUT2D eigenvalue weighted by Gasteiger charge is -2.06. The molecule has 2 rings (SSSR count). The van der Waals surface area contributed by atoms with Gasteiger partial charge in [-0.15, -0.1) is 10.2 Å². The zero-order valence-electron chi connectivity index (χ0n) is 12.9. The Morgan fingerprint density at radius 3 is 2.64 bits per heavy atom. The van der Waals surface area contributed by atoms with Gasteiger partial charge in [-0.25, -0.2) is 0 Å². The number of nitrogens with zero attached hydrogens (tertiary/aromatic N) is 2. The quantitative estimate of drug-likeness (QED) is 0.756. The van der Waals surface area contributed by atoms with Crippen molar-refractivity contribution in [1.29, 1.82) is 0 Å². The maximum absolute atomic E-state index is 11.4. The van der Waals surface area contributed by atoms with Gasteiger partial charge in [0.15, 0.2) is 4.34 Å². The zero-order chi connectivity index (χ0) is 15.9. The predicted molar refractivity (Wildman–Crippen MR) is 93.1 cm³/mol. The molecule has 0 fully saturated rings. The number of nitrogens with one attached hydrogen (secondary N) is 2. The summed E-state index contributed by atoms with van der Waals surface area (Å²) in [5, 5.41) is 14.9. The van der Waals surface area contributed by atoms with Gasteiger partial charge in [-0.3, -0.25) is 4.79 Å². The Morgan fingerprint density at radius 1 is 1.27 bits per heavy atom. The highest BCUT2D eigenvalue weighted by Crippen LogP contribution is 2.28. The summed E-state index contributed by atoms with van der Waals surface area (Å²) in [5.41, 5.74) is 2.29. The molecule has 1 aromatic carbocycles. The van der Waals surface area contributed by atoms with Gasteiger partial charge < -0.3 is 10.6 Å². The van der Waals surface area contributed by atoms with Crippen molar-refractivity contribution in [3.63, 3.8) is 0 Å². The number of rotatable bonds is 7. The molecule has 118 valence electrons. The molecule has 2 aromatic rings. The van der Waals surface area contributed by atoms with Crippen molar-refractivity contribution < 1.29 is 4.79 Å². The summed E-state index contributed by atoms with van der Waals surface area (Å²) in [6.45, 7) is 6.89. The minimum Gasteiger partial charge on any atom is -0.356 e. The van der Waals surface area contributed by atoms with E-state index in [1.165, 1.54) is 28.7 Å². The second-order valence-corrected chi connectivity index (χ2v) is 7.22. The highest BCUT2D eigenvalue weighted by Gasteiger charge is 2.08. The molecule has 2 N–H and O–H groups in total. The first-order chi connectivity index (χ1) is 10.6. The Balaban J connectivity index is 1.90. The Morgan fingerprint density at radius 2 is 2.00 bits per heavy atom. The van der Waals surface area contributed by atoms with Crippen molar-refractivity contribution in [2.75, 3.05) is 17.6 Å². The maximum atomic E-state index is 11.4. The van der Waals surface area contributed by atoms with Crippen LogP contribution in [0.4, 0.5) is 10.8 Å². The summed E-state index contributed by atoms with van der Waals surface area (Å²) < 4.78 is 0.785. The molecule has 0 spiro atoms. The number of aromatic nitrogens is 2. The average Bonchev–Trinajstić information content (AvgIpc) is 2.93. The van der Waals surface area contributed by atoms with E-state index in [1.54, 1.807) is 0 Å². The van der Waals surface area contributed by atoms with Gasteiger partial charge >= 0.3 is 0 Å². The second kappa shape index (κ2) is 8.14. The fraction of sp³-hybridized carbons (Fsp3) is 0.400. The number of thioether (sulfide) groups is 1. The van der Waals surface area contributed by atoms with Crippen LogP contribution < -0.4 is 10.6 Å². The molecule has 0 aliphatic heterocycles. The third-order valence-corrected chi connectivity index (χ3v) is 4.91. The fourth-order valence-electron chi connectivity index (χ4n) is 1.77. The second-order valence-electron chi connectivity index (χ2n) is 5.02. The van der Waals surface area contributed by atoms with E-state index in [0.29, 0.717) is 18.2 Å². The molecule has 0 atom stereocenters. The molecule has 22 heavy (non-hydrogen) atoms. The van der Waals surface area contributed by atoms with Gasteiger partial charge in [0.05, 0.1) is 5.75 Å². The summed E-state index contributed by atoms with van der Waals surface area (Å²) in [6, 6.07) is 8.30. The topological polar surface area (TPSA) is 66.9 Å². The lowest BCUT2D eigenvalue weighted by molar-refractivity contribution is -0.118. The lowest BCUT2D eigenvalue weighted by atomic mass is 10.0. The van der Waals surface area contributed by atoms with Crippen LogP contribution in [0.1, 0.15) is 32.3 Å². The Kier molecular flexibility index (Phi) is 6.21. The molecular weight excluding hydrogens is 316 g/mol. The molecule has 1 aromatic heterocycles. The third kappa shape index (κ3) is 4.99. The van der Waals surface area contributed by atoms with Crippen molar-refractivity contribution in [2.45, 2.75) is 31.0 Å². The van der Waals surface area contributed by atoms with Crippen LogP contribution in [0.2, 0.25) is 0 Å². The Hall–Kier alpha value is -1.60. The first kappa shape index (κ1) is 16.8. The molecule has 1 amide bonds. The van der Waals surface area contributed by atoms with Gasteiger partial charge in [-0.2, -0.15) is 0 Å². The Bertz CT molecular complexity index is 610. The van der Waals surface area contributed by atoms with Crippen LogP contribution in [0.15, 0.2) is 28.6 Å². The largest absolute Gasteiger partial charge is 0.356 e. The maximum Gasteiger partial charge on any atom is 0.230 e. The molecule has 0 radical (unpaired) electrons. The lowest BCUT2D eigenvalue weighted by Crippen LogP contribution is -2.24. The zero-order valence-corrected chi connectivity index (χ0v) is 14.6. The smallest absolute Gasteiger partial charge is 0.230 e. The van der Waals surface area contributed by atoms with Gasteiger partial charge in [0.1, 0.15) is 0 Å². The number of hydrogen-bond acceptors (Lipinski definition) is 6. The van der Waals surface area contributed by atoms with Crippen LogP contribution in [0.3, 0.4) is 0 Å². The molecule has 1 heterocycles.